The number of nitrogens with one attached hydrogen (secondary N) is 1. The second-order valence-corrected chi connectivity index (χ2v) is 5.97. The van der Waals surface area contributed by atoms with E-state index in [1.807, 2.05) is 6.33 Å². The van der Waals surface area contributed by atoms with Crippen LogP contribution in [0.15, 0.2) is 6.33 Å². The summed E-state index contributed by atoms with van der Waals surface area (Å²) in [6.45, 7) is 3.31. The van der Waals surface area contributed by atoms with Crippen molar-refractivity contribution in [2.45, 2.75) is 70.5 Å². The third-order valence-electron chi connectivity index (χ3n) is 4.49. The van der Waals surface area contributed by atoms with Gasteiger partial charge in [0, 0.05) is 25.0 Å². The standard InChI is InChI=1S/C14H24N4/c1-2-3-6-18-10-15-17-14(18)9-11-7-12-4-5-13(8-11)16-12/h10-13,16H,2-9H2,1H3. The molecule has 2 saturated heterocycles. The fourth-order valence-electron chi connectivity index (χ4n) is 3.55. The SMILES string of the molecule is CCCCn1cnnc1CC1CC2CCC(C1)N2. The highest BCUT2D eigenvalue weighted by Gasteiger charge is 2.33. The molecule has 4 nitrogen and oxygen atoms in total. The number of unbranched alkanes of at least 4 members (excludes halogenated alkanes) is 1. The van der Waals surface area contributed by atoms with Crippen molar-refractivity contribution in [3.8, 4) is 0 Å². The predicted octanol–water partition coefficient (Wildman–Crippen LogP) is 2.15. The van der Waals surface area contributed by atoms with Gasteiger partial charge in [-0.1, -0.05) is 13.3 Å². The van der Waals surface area contributed by atoms with Gasteiger partial charge in [-0.3, -0.25) is 0 Å². The maximum Gasteiger partial charge on any atom is 0.133 e. The molecular weight excluding hydrogens is 224 g/mol. The lowest BCUT2D eigenvalue weighted by atomic mass is 9.89. The Balaban J connectivity index is 1.60. The molecule has 1 aromatic heterocycles. The summed E-state index contributed by atoms with van der Waals surface area (Å²) in [5, 5.41) is 12.1. The minimum Gasteiger partial charge on any atom is -0.318 e. The van der Waals surface area contributed by atoms with Crippen molar-refractivity contribution in [3.05, 3.63) is 12.2 Å². The number of fused-ring (bicyclic) bond motifs is 2. The Hall–Kier alpha value is -0.900. The first kappa shape index (κ1) is 12.2. The highest BCUT2D eigenvalue weighted by Crippen LogP contribution is 2.32. The molecule has 0 saturated carbocycles. The highest BCUT2D eigenvalue weighted by atomic mass is 15.3. The van der Waals surface area contributed by atoms with Crippen molar-refractivity contribution in [2.75, 3.05) is 0 Å². The number of piperidine rings is 1. The van der Waals surface area contributed by atoms with Crippen molar-refractivity contribution in [2.24, 2.45) is 5.92 Å². The summed E-state index contributed by atoms with van der Waals surface area (Å²) in [5.41, 5.74) is 0. The lowest BCUT2D eigenvalue weighted by Gasteiger charge is -2.28. The summed E-state index contributed by atoms with van der Waals surface area (Å²) in [4.78, 5) is 0. The minimum absolute atomic E-state index is 0.778. The Labute approximate surface area is 109 Å². The van der Waals surface area contributed by atoms with E-state index in [2.05, 4.69) is 27.0 Å². The summed E-state index contributed by atoms with van der Waals surface area (Å²) in [6, 6.07) is 1.56. The van der Waals surface area contributed by atoms with Crippen LogP contribution in [-0.2, 0) is 13.0 Å². The Morgan fingerprint density at radius 1 is 1.33 bits per heavy atom. The van der Waals surface area contributed by atoms with E-state index in [-0.39, 0.29) is 0 Å². The molecular formula is C14H24N4. The van der Waals surface area contributed by atoms with E-state index in [0.29, 0.717) is 0 Å². The molecule has 1 aromatic rings. The molecule has 2 fully saturated rings. The van der Waals surface area contributed by atoms with Crippen molar-refractivity contribution in [3.63, 3.8) is 0 Å². The van der Waals surface area contributed by atoms with Crippen molar-refractivity contribution in [1.29, 1.82) is 0 Å². The first-order chi connectivity index (χ1) is 8.85. The largest absolute Gasteiger partial charge is 0.318 e. The fraction of sp³-hybridized carbons (Fsp3) is 0.857. The molecule has 4 heteroatoms. The topological polar surface area (TPSA) is 42.7 Å². The van der Waals surface area contributed by atoms with Crippen LogP contribution in [0, 0.1) is 5.92 Å². The molecule has 3 rings (SSSR count). The number of aromatic nitrogens is 3. The van der Waals surface area contributed by atoms with Gasteiger partial charge in [-0.05, 0) is 38.0 Å². The van der Waals surface area contributed by atoms with Crippen LogP contribution in [0.5, 0.6) is 0 Å². The molecule has 0 spiro atoms. The van der Waals surface area contributed by atoms with Crippen LogP contribution in [0.1, 0.15) is 51.3 Å². The summed E-state index contributed by atoms with van der Waals surface area (Å²) in [7, 11) is 0. The molecule has 0 amide bonds. The van der Waals surface area contributed by atoms with E-state index in [0.717, 1.165) is 31.0 Å². The van der Waals surface area contributed by atoms with Crippen LogP contribution in [0.25, 0.3) is 0 Å². The number of rotatable bonds is 5. The predicted molar refractivity (Wildman–Crippen MR) is 71.3 cm³/mol. The van der Waals surface area contributed by atoms with Gasteiger partial charge in [0.1, 0.15) is 12.2 Å². The normalized spacial score (nSPS) is 30.8. The van der Waals surface area contributed by atoms with Gasteiger partial charge in [-0.15, -0.1) is 10.2 Å². The van der Waals surface area contributed by atoms with Gasteiger partial charge in [0.25, 0.3) is 0 Å². The molecule has 2 bridgehead atoms. The average molecular weight is 248 g/mol. The van der Waals surface area contributed by atoms with Crippen molar-refractivity contribution >= 4 is 0 Å². The lowest BCUT2D eigenvalue weighted by Crippen LogP contribution is -2.38. The zero-order valence-electron chi connectivity index (χ0n) is 11.3. The van der Waals surface area contributed by atoms with Crippen LogP contribution in [0.2, 0.25) is 0 Å². The Morgan fingerprint density at radius 3 is 2.83 bits per heavy atom. The quantitative estimate of drug-likeness (QED) is 0.868. The molecule has 1 N–H and O–H groups in total. The van der Waals surface area contributed by atoms with E-state index in [4.69, 9.17) is 0 Å². The Bertz CT molecular complexity index is 375. The minimum atomic E-state index is 0.778. The summed E-state index contributed by atoms with van der Waals surface area (Å²) < 4.78 is 2.26. The molecule has 2 aliphatic heterocycles. The number of nitrogens with zero attached hydrogens (tertiary/aromatic N) is 3. The van der Waals surface area contributed by atoms with E-state index in [9.17, 15) is 0 Å². The molecule has 0 radical (unpaired) electrons. The van der Waals surface area contributed by atoms with Crippen molar-refractivity contribution < 1.29 is 0 Å². The zero-order chi connectivity index (χ0) is 12.4. The molecule has 3 heterocycles. The van der Waals surface area contributed by atoms with Gasteiger partial charge < -0.3 is 9.88 Å². The Kier molecular flexibility index (Phi) is 3.64. The monoisotopic (exact) mass is 248 g/mol. The Morgan fingerprint density at radius 2 is 2.11 bits per heavy atom. The average Bonchev–Trinajstić information content (AvgIpc) is 2.94. The van der Waals surface area contributed by atoms with Crippen LogP contribution in [0.3, 0.4) is 0 Å². The molecule has 2 aliphatic rings. The van der Waals surface area contributed by atoms with Gasteiger partial charge in [0.2, 0.25) is 0 Å². The molecule has 0 aromatic carbocycles. The smallest absolute Gasteiger partial charge is 0.133 e. The summed E-state index contributed by atoms with van der Waals surface area (Å²) in [6.07, 6.45) is 10.9. The highest BCUT2D eigenvalue weighted by molar-refractivity contribution is 4.96. The van der Waals surface area contributed by atoms with Crippen LogP contribution >= 0.6 is 0 Å². The first-order valence-electron chi connectivity index (χ1n) is 7.48. The number of hydrogen-bond acceptors (Lipinski definition) is 3. The molecule has 2 atom stereocenters. The van der Waals surface area contributed by atoms with Crippen LogP contribution < -0.4 is 5.32 Å². The molecule has 2 unspecified atom stereocenters. The number of aryl methyl sites for hydroxylation is 1. The molecule has 0 aliphatic carbocycles. The third-order valence-corrected chi connectivity index (χ3v) is 4.49. The van der Waals surface area contributed by atoms with Crippen molar-refractivity contribution in [1.82, 2.24) is 20.1 Å². The van der Waals surface area contributed by atoms with Gasteiger partial charge in [0.15, 0.2) is 0 Å². The summed E-state index contributed by atoms with van der Waals surface area (Å²) >= 11 is 0. The van der Waals surface area contributed by atoms with E-state index in [1.54, 1.807) is 0 Å². The van der Waals surface area contributed by atoms with E-state index in [1.165, 1.54) is 44.3 Å². The lowest BCUT2D eigenvalue weighted by molar-refractivity contribution is 0.292. The maximum absolute atomic E-state index is 4.33. The van der Waals surface area contributed by atoms with Crippen LogP contribution in [-0.4, -0.2) is 26.8 Å². The van der Waals surface area contributed by atoms with Crippen LogP contribution in [0.4, 0.5) is 0 Å². The van der Waals surface area contributed by atoms with Gasteiger partial charge in [-0.2, -0.15) is 0 Å². The molecule has 18 heavy (non-hydrogen) atoms. The second kappa shape index (κ2) is 5.39. The summed E-state index contributed by atoms with van der Waals surface area (Å²) in [5.74, 6) is 2.02. The fourth-order valence-corrected chi connectivity index (χ4v) is 3.55. The third kappa shape index (κ3) is 2.58. The first-order valence-corrected chi connectivity index (χ1v) is 7.48. The van der Waals surface area contributed by atoms with Gasteiger partial charge >= 0.3 is 0 Å². The van der Waals surface area contributed by atoms with Gasteiger partial charge in [-0.25, -0.2) is 0 Å². The maximum atomic E-state index is 4.33. The zero-order valence-corrected chi connectivity index (χ0v) is 11.3. The van der Waals surface area contributed by atoms with Gasteiger partial charge in [0.05, 0.1) is 0 Å². The van der Waals surface area contributed by atoms with E-state index < -0.39 is 0 Å². The number of hydrogen-bond donors (Lipinski definition) is 1. The van der Waals surface area contributed by atoms with E-state index >= 15 is 0 Å². The molecule has 100 valence electrons. The second-order valence-electron chi connectivity index (χ2n) is 5.97.